The Morgan fingerprint density at radius 2 is 1.82 bits per heavy atom. The molecule has 122 valence electrons. The van der Waals surface area contributed by atoms with Crippen LogP contribution in [0.4, 0.5) is 13.2 Å². The molecule has 0 bridgehead atoms. The van der Waals surface area contributed by atoms with Crippen molar-refractivity contribution in [3.63, 3.8) is 0 Å². The number of para-hydroxylation sites is 1. The molecule has 0 radical (unpaired) electrons. The van der Waals surface area contributed by atoms with E-state index in [-0.39, 0.29) is 6.54 Å². The van der Waals surface area contributed by atoms with E-state index in [9.17, 15) is 22.8 Å². The van der Waals surface area contributed by atoms with Gasteiger partial charge in [-0.25, -0.2) is 0 Å². The van der Waals surface area contributed by atoms with Crippen LogP contribution in [-0.4, -0.2) is 30.1 Å². The fourth-order valence-corrected chi connectivity index (χ4v) is 1.42. The zero-order valence-corrected chi connectivity index (χ0v) is 12.0. The smallest absolute Gasteiger partial charge is 0.419 e. The first-order valence-corrected chi connectivity index (χ1v) is 6.33. The van der Waals surface area contributed by atoms with E-state index in [2.05, 4.69) is 5.32 Å². The molecule has 5 nitrogen and oxygen atoms in total. The van der Waals surface area contributed by atoms with Gasteiger partial charge in [0.15, 0.2) is 6.61 Å². The van der Waals surface area contributed by atoms with Crippen LogP contribution < -0.4 is 10.1 Å². The molecule has 1 aromatic carbocycles. The number of carboxylic acid groups (broad SMARTS) is 1. The molecule has 0 atom stereocenters. The van der Waals surface area contributed by atoms with Gasteiger partial charge >= 0.3 is 12.1 Å². The first-order chi connectivity index (χ1) is 10.0. The zero-order chi connectivity index (χ0) is 17.0. The molecule has 0 aliphatic rings. The van der Waals surface area contributed by atoms with Crippen molar-refractivity contribution in [1.82, 2.24) is 5.32 Å². The molecule has 0 spiro atoms. The molecule has 0 fully saturated rings. The number of nitrogens with one attached hydrogen (secondary N) is 1. The molecule has 2 N–H and O–H groups in total. The standard InChI is InChI=1S/C14H16F3NO4/c1-13(2,12(20)21)8-18-11(19)7-22-10-6-4-3-5-9(10)14(15,16)17/h3-6H,7-8H2,1-2H3,(H,18,19)(H,20,21). The van der Waals surface area contributed by atoms with Crippen LogP contribution in [0.15, 0.2) is 24.3 Å². The van der Waals surface area contributed by atoms with E-state index in [0.717, 1.165) is 12.1 Å². The van der Waals surface area contributed by atoms with Crippen molar-refractivity contribution < 1.29 is 32.6 Å². The number of aliphatic carboxylic acids is 1. The Labute approximate surface area is 125 Å². The lowest BCUT2D eigenvalue weighted by Gasteiger charge is -2.19. The lowest BCUT2D eigenvalue weighted by Crippen LogP contribution is -2.40. The van der Waals surface area contributed by atoms with E-state index < -0.39 is 41.4 Å². The minimum absolute atomic E-state index is 0.161. The van der Waals surface area contributed by atoms with Gasteiger partial charge in [0.05, 0.1) is 11.0 Å². The fraction of sp³-hybridized carbons (Fsp3) is 0.429. The SMILES string of the molecule is CC(C)(CNC(=O)COc1ccccc1C(F)(F)F)C(=O)O. The van der Waals surface area contributed by atoms with Crippen LogP contribution in [0.1, 0.15) is 19.4 Å². The predicted octanol–water partition coefficient (Wildman–Crippen LogP) is 2.31. The predicted molar refractivity (Wildman–Crippen MR) is 71.4 cm³/mol. The Bertz CT molecular complexity index is 555. The third kappa shape index (κ3) is 4.94. The molecule has 0 unspecified atom stereocenters. The Kier molecular flexibility index (Phi) is 5.40. The third-order valence-electron chi connectivity index (χ3n) is 2.86. The van der Waals surface area contributed by atoms with Crippen molar-refractivity contribution in [2.24, 2.45) is 5.41 Å². The summed E-state index contributed by atoms with van der Waals surface area (Å²) in [6.45, 7) is 2.03. The van der Waals surface area contributed by atoms with Gasteiger partial charge in [0, 0.05) is 6.54 Å². The number of amides is 1. The maximum atomic E-state index is 12.7. The molecule has 1 aromatic rings. The summed E-state index contributed by atoms with van der Waals surface area (Å²) < 4.78 is 43.0. The van der Waals surface area contributed by atoms with Crippen molar-refractivity contribution in [3.05, 3.63) is 29.8 Å². The number of rotatable bonds is 6. The van der Waals surface area contributed by atoms with Crippen LogP contribution in [0.2, 0.25) is 0 Å². The second-order valence-electron chi connectivity index (χ2n) is 5.25. The highest BCUT2D eigenvalue weighted by Gasteiger charge is 2.34. The van der Waals surface area contributed by atoms with E-state index in [1.54, 1.807) is 0 Å². The summed E-state index contributed by atoms with van der Waals surface area (Å²) >= 11 is 0. The van der Waals surface area contributed by atoms with Gasteiger partial charge in [-0.05, 0) is 26.0 Å². The van der Waals surface area contributed by atoms with Gasteiger partial charge in [-0.15, -0.1) is 0 Å². The lowest BCUT2D eigenvalue weighted by atomic mass is 9.94. The van der Waals surface area contributed by atoms with E-state index in [1.807, 2.05) is 0 Å². The molecule has 1 rings (SSSR count). The minimum atomic E-state index is -4.58. The number of hydrogen-bond acceptors (Lipinski definition) is 3. The second kappa shape index (κ2) is 6.67. The summed E-state index contributed by atoms with van der Waals surface area (Å²) in [6.07, 6.45) is -4.58. The lowest BCUT2D eigenvalue weighted by molar-refractivity contribution is -0.147. The van der Waals surface area contributed by atoms with Crippen molar-refractivity contribution in [2.45, 2.75) is 20.0 Å². The van der Waals surface area contributed by atoms with Crippen LogP contribution in [0.3, 0.4) is 0 Å². The van der Waals surface area contributed by atoms with Gasteiger partial charge in [0.25, 0.3) is 5.91 Å². The highest BCUT2D eigenvalue weighted by atomic mass is 19.4. The van der Waals surface area contributed by atoms with Crippen LogP contribution in [0.5, 0.6) is 5.75 Å². The number of carbonyl (C=O) groups excluding carboxylic acids is 1. The quantitative estimate of drug-likeness (QED) is 0.844. The zero-order valence-electron chi connectivity index (χ0n) is 12.0. The third-order valence-corrected chi connectivity index (χ3v) is 2.86. The summed E-state index contributed by atoms with van der Waals surface area (Å²) in [6, 6.07) is 4.53. The second-order valence-corrected chi connectivity index (χ2v) is 5.25. The normalized spacial score (nSPS) is 11.9. The summed E-state index contributed by atoms with van der Waals surface area (Å²) in [7, 11) is 0. The van der Waals surface area contributed by atoms with Gasteiger partial charge < -0.3 is 15.2 Å². The average Bonchev–Trinajstić information content (AvgIpc) is 2.42. The van der Waals surface area contributed by atoms with Crippen LogP contribution in [0.25, 0.3) is 0 Å². The Morgan fingerprint density at radius 1 is 1.23 bits per heavy atom. The molecular weight excluding hydrogens is 303 g/mol. The van der Waals surface area contributed by atoms with Crippen molar-refractivity contribution >= 4 is 11.9 Å². The highest BCUT2D eigenvalue weighted by Crippen LogP contribution is 2.35. The number of carboxylic acids is 1. The van der Waals surface area contributed by atoms with E-state index in [0.29, 0.717) is 0 Å². The molecule has 22 heavy (non-hydrogen) atoms. The molecule has 0 aromatic heterocycles. The monoisotopic (exact) mass is 319 g/mol. The van der Waals surface area contributed by atoms with Crippen LogP contribution in [-0.2, 0) is 15.8 Å². The number of halogens is 3. The van der Waals surface area contributed by atoms with Gasteiger partial charge in [-0.3, -0.25) is 9.59 Å². The van der Waals surface area contributed by atoms with Crippen molar-refractivity contribution in [3.8, 4) is 5.75 Å². The topological polar surface area (TPSA) is 75.6 Å². The molecule has 0 aliphatic heterocycles. The number of carbonyl (C=O) groups is 2. The number of benzene rings is 1. The first-order valence-electron chi connectivity index (χ1n) is 6.33. The Balaban J connectivity index is 2.61. The highest BCUT2D eigenvalue weighted by molar-refractivity contribution is 5.79. The molecule has 0 saturated heterocycles. The summed E-state index contributed by atoms with van der Waals surface area (Å²) in [5.41, 5.74) is -2.16. The summed E-state index contributed by atoms with van der Waals surface area (Å²) in [5.74, 6) is -2.26. The Hall–Kier alpha value is -2.25. The number of ether oxygens (including phenoxy) is 1. The van der Waals surface area contributed by atoms with E-state index in [1.165, 1.54) is 26.0 Å². The maximum absolute atomic E-state index is 12.7. The average molecular weight is 319 g/mol. The van der Waals surface area contributed by atoms with Crippen molar-refractivity contribution in [1.29, 1.82) is 0 Å². The van der Waals surface area contributed by atoms with Crippen LogP contribution in [0, 0.1) is 5.41 Å². The molecule has 0 saturated carbocycles. The minimum Gasteiger partial charge on any atom is -0.483 e. The molecular formula is C14H16F3NO4. The molecule has 8 heteroatoms. The van der Waals surface area contributed by atoms with Gasteiger partial charge in [0.1, 0.15) is 5.75 Å². The van der Waals surface area contributed by atoms with Crippen molar-refractivity contribution in [2.75, 3.05) is 13.2 Å². The van der Waals surface area contributed by atoms with Gasteiger partial charge in [0.2, 0.25) is 0 Å². The largest absolute Gasteiger partial charge is 0.483 e. The first kappa shape index (κ1) is 17.8. The van der Waals surface area contributed by atoms with Gasteiger partial charge in [-0.2, -0.15) is 13.2 Å². The molecule has 0 heterocycles. The number of alkyl halides is 3. The van der Waals surface area contributed by atoms with E-state index >= 15 is 0 Å². The molecule has 0 aliphatic carbocycles. The fourth-order valence-electron chi connectivity index (χ4n) is 1.42. The summed E-state index contributed by atoms with van der Waals surface area (Å²) in [4.78, 5) is 22.4. The maximum Gasteiger partial charge on any atom is 0.419 e. The van der Waals surface area contributed by atoms with E-state index in [4.69, 9.17) is 9.84 Å². The van der Waals surface area contributed by atoms with Crippen LogP contribution >= 0.6 is 0 Å². The summed E-state index contributed by atoms with van der Waals surface area (Å²) in [5, 5.41) is 11.2. The Morgan fingerprint density at radius 3 is 2.36 bits per heavy atom. The molecule has 1 amide bonds. The number of hydrogen-bond donors (Lipinski definition) is 2. The van der Waals surface area contributed by atoms with Gasteiger partial charge in [-0.1, -0.05) is 12.1 Å².